The maximum Gasteiger partial charge on any atom is 0.306 e. The second kappa shape index (κ2) is 10.4. The first-order valence-electron chi connectivity index (χ1n) is 7.20. The van der Waals surface area contributed by atoms with Crippen molar-refractivity contribution in [2.24, 2.45) is 0 Å². The fourth-order valence-corrected chi connectivity index (χ4v) is 2.17. The monoisotopic (exact) mass is 238 g/mol. The largest absolute Gasteiger partial charge is 0.461 e. The molecule has 98 valence electrons. The Morgan fingerprint density at radius 1 is 0.765 bits per heavy atom. The Morgan fingerprint density at radius 3 is 2.06 bits per heavy atom. The third kappa shape index (κ3) is 8.96. The van der Waals surface area contributed by atoms with Crippen LogP contribution >= 0.6 is 0 Å². The van der Waals surface area contributed by atoms with Crippen molar-refractivity contribution in [3.05, 3.63) is 12.2 Å². The number of carbonyl (C=O) groups is 1. The molecule has 0 aromatic rings. The summed E-state index contributed by atoms with van der Waals surface area (Å²) in [6.07, 6.45) is 17.3. The molecule has 0 aliphatic carbocycles. The highest BCUT2D eigenvalue weighted by molar-refractivity contribution is 5.69. The molecule has 1 aliphatic rings. The van der Waals surface area contributed by atoms with Crippen LogP contribution in [0.1, 0.15) is 70.6 Å². The third-order valence-corrected chi connectivity index (χ3v) is 3.26. The van der Waals surface area contributed by atoms with Gasteiger partial charge in [-0.15, -0.1) is 0 Å². The SMILES string of the molecule is O=C1CCCCCCCCCCC/C=C\CO1. The van der Waals surface area contributed by atoms with Crippen molar-refractivity contribution in [1.82, 2.24) is 0 Å². The van der Waals surface area contributed by atoms with E-state index in [-0.39, 0.29) is 5.97 Å². The van der Waals surface area contributed by atoms with Gasteiger partial charge in [0.15, 0.2) is 0 Å². The number of carbonyl (C=O) groups excluding carboxylic acids is 1. The summed E-state index contributed by atoms with van der Waals surface area (Å²) >= 11 is 0. The molecule has 0 unspecified atom stereocenters. The van der Waals surface area contributed by atoms with E-state index in [2.05, 4.69) is 6.08 Å². The van der Waals surface area contributed by atoms with Crippen molar-refractivity contribution in [2.45, 2.75) is 70.6 Å². The molecule has 0 aromatic carbocycles. The lowest BCUT2D eigenvalue weighted by atomic mass is 10.1. The number of allylic oxidation sites excluding steroid dienone is 1. The topological polar surface area (TPSA) is 26.3 Å². The summed E-state index contributed by atoms with van der Waals surface area (Å²) in [5.41, 5.74) is 0. The normalized spacial score (nSPS) is 23.9. The van der Waals surface area contributed by atoms with Gasteiger partial charge in [0, 0.05) is 6.42 Å². The van der Waals surface area contributed by atoms with E-state index in [9.17, 15) is 4.79 Å². The average Bonchev–Trinajstić information content (AvgIpc) is 2.32. The smallest absolute Gasteiger partial charge is 0.306 e. The number of rotatable bonds is 0. The quantitative estimate of drug-likeness (QED) is 0.462. The summed E-state index contributed by atoms with van der Waals surface area (Å²) in [5, 5.41) is 0. The van der Waals surface area contributed by atoms with E-state index in [4.69, 9.17) is 4.74 Å². The summed E-state index contributed by atoms with van der Waals surface area (Å²) in [6.45, 7) is 0.457. The second-order valence-electron chi connectivity index (χ2n) is 4.88. The highest BCUT2D eigenvalue weighted by Gasteiger charge is 2.01. The number of esters is 1. The first-order valence-corrected chi connectivity index (χ1v) is 7.20. The number of ether oxygens (including phenoxy) is 1. The summed E-state index contributed by atoms with van der Waals surface area (Å²) in [5.74, 6) is -0.0401. The Balaban J connectivity index is 2.19. The van der Waals surface area contributed by atoms with Crippen LogP contribution in [0.25, 0.3) is 0 Å². The zero-order valence-corrected chi connectivity index (χ0v) is 11.0. The second-order valence-corrected chi connectivity index (χ2v) is 4.88. The number of hydrogen-bond acceptors (Lipinski definition) is 2. The molecule has 2 heteroatoms. The van der Waals surface area contributed by atoms with E-state index in [1.807, 2.05) is 6.08 Å². The van der Waals surface area contributed by atoms with Crippen LogP contribution in [0.4, 0.5) is 0 Å². The van der Waals surface area contributed by atoms with Crippen LogP contribution in [-0.2, 0) is 9.53 Å². The number of cyclic esters (lactones) is 1. The molecule has 1 aliphatic heterocycles. The fourth-order valence-electron chi connectivity index (χ4n) is 2.17. The highest BCUT2D eigenvalue weighted by atomic mass is 16.5. The Bertz CT molecular complexity index is 221. The molecule has 1 heterocycles. The van der Waals surface area contributed by atoms with Gasteiger partial charge < -0.3 is 4.74 Å². The van der Waals surface area contributed by atoms with E-state index >= 15 is 0 Å². The van der Waals surface area contributed by atoms with E-state index in [1.165, 1.54) is 51.4 Å². The molecule has 0 amide bonds. The summed E-state index contributed by atoms with van der Waals surface area (Å²) in [7, 11) is 0. The standard InChI is InChI=1S/C15H26O2/c16-15-13-11-9-7-5-3-1-2-4-6-8-10-12-14-17-15/h10,12H,1-9,11,13-14H2/b12-10-. The van der Waals surface area contributed by atoms with Gasteiger partial charge in [-0.05, 0) is 19.3 Å². The van der Waals surface area contributed by atoms with Gasteiger partial charge in [0.25, 0.3) is 0 Å². The first kappa shape index (κ1) is 14.3. The van der Waals surface area contributed by atoms with Crippen molar-refractivity contribution >= 4 is 5.97 Å². The minimum absolute atomic E-state index is 0.0401. The van der Waals surface area contributed by atoms with Crippen LogP contribution in [0.3, 0.4) is 0 Å². The molecule has 0 radical (unpaired) electrons. The van der Waals surface area contributed by atoms with Crippen LogP contribution in [0.5, 0.6) is 0 Å². The molecule has 0 aromatic heterocycles. The van der Waals surface area contributed by atoms with Crippen LogP contribution in [-0.4, -0.2) is 12.6 Å². The van der Waals surface area contributed by atoms with Crippen molar-refractivity contribution in [2.75, 3.05) is 6.61 Å². The predicted octanol–water partition coefficient (Wildman–Crippen LogP) is 4.39. The lowest BCUT2D eigenvalue weighted by Gasteiger charge is -2.04. The molecule has 0 saturated carbocycles. The summed E-state index contributed by atoms with van der Waals surface area (Å²) in [4.78, 5) is 11.3. The maximum atomic E-state index is 11.3. The van der Waals surface area contributed by atoms with Gasteiger partial charge in [-0.1, -0.05) is 57.1 Å². The van der Waals surface area contributed by atoms with Gasteiger partial charge >= 0.3 is 5.97 Å². The van der Waals surface area contributed by atoms with Crippen LogP contribution in [0, 0.1) is 0 Å². The first-order chi connectivity index (χ1) is 8.39. The van der Waals surface area contributed by atoms with Gasteiger partial charge in [-0.3, -0.25) is 4.79 Å². The van der Waals surface area contributed by atoms with E-state index in [0.29, 0.717) is 13.0 Å². The Morgan fingerprint density at radius 2 is 1.35 bits per heavy atom. The predicted molar refractivity (Wildman–Crippen MR) is 70.9 cm³/mol. The van der Waals surface area contributed by atoms with Gasteiger partial charge in [-0.2, -0.15) is 0 Å². The molecule has 0 N–H and O–H groups in total. The third-order valence-electron chi connectivity index (χ3n) is 3.26. The van der Waals surface area contributed by atoms with Crippen molar-refractivity contribution in [3.8, 4) is 0 Å². The Labute approximate surface area is 105 Å². The molecule has 1 rings (SSSR count). The van der Waals surface area contributed by atoms with Crippen LogP contribution in [0.15, 0.2) is 12.2 Å². The zero-order valence-electron chi connectivity index (χ0n) is 11.0. The molecule has 17 heavy (non-hydrogen) atoms. The highest BCUT2D eigenvalue weighted by Crippen LogP contribution is 2.12. The van der Waals surface area contributed by atoms with Crippen LogP contribution in [0.2, 0.25) is 0 Å². The zero-order chi connectivity index (χ0) is 12.2. The minimum Gasteiger partial charge on any atom is -0.461 e. The summed E-state index contributed by atoms with van der Waals surface area (Å²) in [6, 6.07) is 0. The molecule has 0 saturated heterocycles. The molecular weight excluding hydrogens is 212 g/mol. The maximum absolute atomic E-state index is 11.3. The molecule has 2 nitrogen and oxygen atoms in total. The Hall–Kier alpha value is -0.790. The van der Waals surface area contributed by atoms with Gasteiger partial charge in [0.2, 0.25) is 0 Å². The number of hydrogen-bond donors (Lipinski definition) is 0. The lowest BCUT2D eigenvalue weighted by Crippen LogP contribution is -2.04. The molecule has 0 spiro atoms. The van der Waals surface area contributed by atoms with Crippen molar-refractivity contribution in [3.63, 3.8) is 0 Å². The van der Waals surface area contributed by atoms with Crippen molar-refractivity contribution < 1.29 is 9.53 Å². The van der Waals surface area contributed by atoms with E-state index in [0.717, 1.165) is 12.8 Å². The van der Waals surface area contributed by atoms with E-state index in [1.54, 1.807) is 0 Å². The van der Waals surface area contributed by atoms with Crippen LogP contribution < -0.4 is 0 Å². The van der Waals surface area contributed by atoms with Gasteiger partial charge in [-0.25, -0.2) is 0 Å². The van der Waals surface area contributed by atoms with Gasteiger partial charge in [0.1, 0.15) is 6.61 Å². The molecule has 0 bridgehead atoms. The van der Waals surface area contributed by atoms with Crippen molar-refractivity contribution in [1.29, 1.82) is 0 Å². The average molecular weight is 238 g/mol. The lowest BCUT2D eigenvalue weighted by molar-refractivity contribution is -0.142. The molecular formula is C15H26O2. The molecule has 0 atom stereocenters. The van der Waals surface area contributed by atoms with E-state index < -0.39 is 0 Å². The molecule has 0 fully saturated rings. The minimum atomic E-state index is -0.0401. The van der Waals surface area contributed by atoms with Gasteiger partial charge in [0.05, 0.1) is 0 Å². The Kier molecular flexibility index (Phi) is 8.71. The summed E-state index contributed by atoms with van der Waals surface area (Å²) < 4.78 is 5.12. The fraction of sp³-hybridized carbons (Fsp3) is 0.800.